The van der Waals surface area contributed by atoms with E-state index < -0.39 is 11.8 Å². The van der Waals surface area contributed by atoms with Crippen LogP contribution in [0, 0.1) is 11.8 Å². The molecule has 4 aliphatic rings. The molecule has 1 saturated heterocycles. The van der Waals surface area contributed by atoms with Crippen molar-refractivity contribution in [1.29, 1.82) is 0 Å². The molecule has 7 rings (SSSR count). The van der Waals surface area contributed by atoms with Crippen LogP contribution < -0.4 is 4.90 Å². The summed E-state index contributed by atoms with van der Waals surface area (Å²) in [5, 5.41) is 10.7. The molecule has 2 unspecified atom stereocenters. The maximum atomic E-state index is 13.6. The lowest BCUT2D eigenvalue weighted by atomic mass is 9.55. The van der Waals surface area contributed by atoms with Crippen LogP contribution in [0.1, 0.15) is 34.1 Å². The molecule has 1 heterocycles. The molecule has 0 spiro atoms. The second-order valence-electron chi connectivity index (χ2n) is 7.91. The zero-order valence-electron chi connectivity index (χ0n) is 15.2. The fourth-order valence-corrected chi connectivity index (χ4v) is 5.77. The van der Waals surface area contributed by atoms with Gasteiger partial charge >= 0.3 is 0 Å². The second kappa shape index (κ2) is 5.71. The lowest BCUT2D eigenvalue weighted by Gasteiger charge is -2.45. The first kappa shape index (κ1) is 16.8. The predicted octanol–water partition coefficient (Wildman–Crippen LogP) is 4.44. The van der Waals surface area contributed by atoms with Crippen molar-refractivity contribution < 1.29 is 14.7 Å². The van der Waals surface area contributed by atoms with Crippen molar-refractivity contribution in [2.24, 2.45) is 11.8 Å². The van der Waals surface area contributed by atoms with Gasteiger partial charge in [-0.1, -0.05) is 60.1 Å². The molecule has 0 saturated carbocycles. The average Bonchev–Trinajstić information content (AvgIpc) is 2.99. The number of hydrogen-bond donors (Lipinski definition) is 1. The van der Waals surface area contributed by atoms with Crippen molar-refractivity contribution in [3.63, 3.8) is 0 Å². The molecule has 0 aromatic heterocycles. The Bertz CT molecular complexity index is 1100. The molecule has 1 aliphatic heterocycles. The SMILES string of the molecule is O=C1C2C3c4ccccc4C(c4ccccc43)C2C(=O)N1c1ccc(Cl)cc1O. The Morgan fingerprint density at radius 1 is 0.724 bits per heavy atom. The Balaban J connectivity index is 1.57. The Labute approximate surface area is 172 Å². The highest BCUT2D eigenvalue weighted by Gasteiger charge is 2.62. The average molecular weight is 402 g/mol. The van der Waals surface area contributed by atoms with E-state index in [1.54, 1.807) is 6.07 Å². The molecule has 3 aliphatic carbocycles. The minimum atomic E-state index is -0.465. The molecule has 2 amide bonds. The van der Waals surface area contributed by atoms with Crippen molar-refractivity contribution in [3.8, 4) is 5.75 Å². The van der Waals surface area contributed by atoms with E-state index in [4.69, 9.17) is 11.6 Å². The van der Waals surface area contributed by atoms with Gasteiger partial charge in [0.1, 0.15) is 5.75 Å². The fourth-order valence-electron chi connectivity index (χ4n) is 5.60. The number of phenolic OH excluding ortho intramolecular Hbond substituents is 1. The molecular formula is C24H16ClNO3. The highest BCUT2D eigenvalue weighted by atomic mass is 35.5. The molecule has 29 heavy (non-hydrogen) atoms. The monoisotopic (exact) mass is 401 g/mol. The van der Waals surface area contributed by atoms with Crippen LogP contribution in [-0.2, 0) is 9.59 Å². The normalized spacial score (nSPS) is 26.3. The van der Waals surface area contributed by atoms with Crippen LogP contribution in [0.25, 0.3) is 0 Å². The van der Waals surface area contributed by atoms with Crippen LogP contribution >= 0.6 is 11.6 Å². The summed E-state index contributed by atoms with van der Waals surface area (Å²) in [7, 11) is 0. The maximum absolute atomic E-state index is 13.6. The first-order chi connectivity index (χ1) is 14.1. The standard InChI is InChI=1S/C24H16ClNO3/c25-12-9-10-17(18(27)11-12)26-23(28)21-19-13-5-1-2-6-14(13)20(22(21)24(26)29)16-8-4-3-7-15(16)19/h1-11,19-22,27H. The summed E-state index contributed by atoms with van der Waals surface area (Å²) in [6.45, 7) is 0. The number of benzene rings is 3. The lowest BCUT2D eigenvalue weighted by Crippen LogP contribution is -2.41. The van der Waals surface area contributed by atoms with Gasteiger partial charge in [0.05, 0.1) is 17.5 Å². The molecule has 5 heteroatoms. The van der Waals surface area contributed by atoms with Crippen LogP contribution in [0.3, 0.4) is 0 Å². The van der Waals surface area contributed by atoms with Crippen LogP contribution in [0.15, 0.2) is 66.7 Å². The molecule has 3 aromatic rings. The van der Waals surface area contributed by atoms with E-state index in [2.05, 4.69) is 24.3 Å². The number of hydrogen-bond acceptors (Lipinski definition) is 3. The van der Waals surface area contributed by atoms with Crippen molar-refractivity contribution in [1.82, 2.24) is 0 Å². The minimum absolute atomic E-state index is 0.159. The van der Waals surface area contributed by atoms with Crippen molar-refractivity contribution in [3.05, 3.63) is 94.0 Å². The first-order valence-corrected chi connectivity index (χ1v) is 9.99. The van der Waals surface area contributed by atoms with Gasteiger partial charge in [0.15, 0.2) is 0 Å². The van der Waals surface area contributed by atoms with Gasteiger partial charge in [-0.25, -0.2) is 4.90 Å². The Hall–Kier alpha value is -3.11. The summed E-state index contributed by atoms with van der Waals surface area (Å²) < 4.78 is 0. The van der Waals surface area contributed by atoms with Gasteiger partial charge in [-0.15, -0.1) is 0 Å². The van der Waals surface area contributed by atoms with Gasteiger partial charge in [-0.2, -0.15) is 0 Å². The number of anilines is 1. The molecule has 2 atom stereocenters. The van der Waals surface area contributed by atoms with Gasteiger partial charge < -0.3 is 5.11 Å². The summed E-state index contributed by atoms with van der Waals surface area (Å²) in [6.07, 6.45) is 0. The highest BCUT2D eigenvalue weighted by Crippen LogP contribution is 2.61. The molecule has 4 nitrogen and oxygen atoms in total. The van der Waals surface area contributed by atoms with Gasteiger partial charge in [-0.05, 0) is 34.4 Å². The lowest BCUT2D eigenvalue weighted by molar-refractivity contribution is -0.122. The highest BCUT2D eigenvalue weighted by molar-refractivity contribution is 6.31. The maximum Gasteiger partial charge on any atom is 0.238 e. The Kier molecular flexibility index (Phi) is 3.31. The molecule has 1 fully saturated rings. The molecule has 3 aromatic carbocycles. The quantitative estimate of drug-likeness (QED) is 0.613. The summed E-state index contributed by atoms with van der Waals surface area (Å²) >= 11 is 5.95. The minimum Gasteiger partial charge on any atom is -0.506 e. The first-order valence-electron chi connectivity index (χ1n) is 9.62. The number of amides is 2. The zero-order valence-corrected chi connectivity index (χ0v) is 16.0. The molecule has 2 bridgehead atoms. The zero-order chi connectivity index (χ0) is 19.9. The summed E-state index contributed by atoms with van der Waals surface area (Å²) in [5.74, 6) is -1.92. The third-order valence-corrected chi connectivity index (χ3v) is 6.86. The fraction of sp³-hybridized carbons (Fsp3) is 0.167. The van der Waals surface area contributed by atoms with Crippen molar-refractivity contribution >= 4 is 29.1 Å². The number of rotatable bonds is 1. The molecule has 142 valence electrons. The van der Waals surface area contributed by atoms with Gasteiger partial charge in [0.25, 0.3) is 0 Å². The van der Waals surface area contributed by atoms with Gasteiger partial charge in [0.2, 0.25) is 11.8 Å². The van der Waals surface area contributed by atoms with Crippen molar-refractivity contribution in [2.75, 3.05) is 4.90 Å². The van der Waals surface area contributed by atoms with Crippen LogP contribution in [-0.4, -0.2) is 16.9 Å². The topological polar surface area (TPSA) is 57.6 Å². The van der Waals surface area contributed by atoms with Crippen molar-refractivity contribution in [2.45, 2.75) is 11.8 Å². The number of aromatic hydroxyl groups is 1. The van der Waals surface area contributed by atoms with E-state index in [9.17, 15) is 14.7 Å². The second-order valence-corrected chi connectivity index (χ2v) is 8.35. The summed E-state index contributed by atoms with van der Waals surface area (Å²) in [4.78, 5) is 28.3. The number of nitrogens with zero attached hydrogens (tertiary/aromatic N) is 1. The van der Waals surface area contributed by atoms with Gasteiger partial charge in [0, 0.05) is 22.9 Å². The van der Waals surface area contributed by atoms with E-state index in [1.807, 2.05) is 24.3 Å². The predicted molar refractivity (Wildman–Crippen MR) is 109 cm³/mol. The van der Waals surface area contributed by atoms with E-state index in [0.29, 0.717) is 5.02 Å². The Morgan fingerprint density at radius 3 is 1.59 bits per heavy atom. The molecule has 1 N–H and O–H groups in total. The van der Waals surface area contributed by atoms with E-state index in [-0.39, 0.29) is 35.1 Å². The van der Waals surface area contributed by atoms with Crippen LogP contribution in [0.2, 0.25) is 5.02 Å². The molecule has 0 radical (unpaired) electrons. The van der Waals surface area contributed by atoms with Gasteiger partial charge in [-0.3, -0.25) is 9.59 Å². The Morgan fingerprint density at radius 2 is 1.17 bits per heavy atom. The van der Waals surface area contributed by atoms with E-state index >= 15 is 0 Å². The number of carbonyl (C=O) groups excluding carboxylic acids is 2. The van der Waals surface area contributed by atoms with E-state index in [1.165, 1.54) is 17.0 Å². The molecular weight excluding hydrogens is 386 g/mol. The largest absolute Gasteiger partial charge is 0.506 e. The summed E-state index contributed by atoms with van der Waals surface area (Å²) in [6, 6.07) is 20.7. The number of imide groups is 1. The summed E-state index contributed by atoms with van der Waals surface area (Å²) in [5.41, 5.74) is 4.70. The third kappa shape index (κ3) is 2.04. The smallest absolute Gasteiger partial charge is 0.238 e. The number of halogens is 1. The number of carbonyl (C=O) groups is 2. The number of phenols is 1. The third-order valence-electron chi connectivity index (χ3n) is 6.63. The van der Waals surface area contributed by atoms with E-state index in [0.717, 1.165) is 22.3 Å². The van der Waals surface area contributed by atoms with Crippen LogP contribution in [0.5, 0.6) is 5.75 Å². The van der Waals surface area contributed by atoms with Crippen LogP contribution in [0.4, 0.5) is 5.69 Å².